The van der Waals surface area contributed by atoms with Crippen molar-refractivity contribution in [2.45, 2.75) is 214 Å². The standard InChI is InChI=1S/C48H81NO8/c1-8-9-10-11-12-13-14-15-16-17-28-49-42(55)48-26-24-43(2,3)29-33(48)32-18-19-36-44(4)22-21-37(57-41-40(54)39(53)38(52)34(30-50)56-41)45(5,31-51)35(44)20-23-47(36,7)46(32,6)25-27-48/h18,31,33-41,50,52-54H,8-17,19-30H2,1-7H3,(H,49,55)/t33-,34?,35?,36?,37-,38?,39?,40?,41?,44-,45-,46+,47+,48-/m0/s1. The van der Waals surface area contributed by atoms with Crippen LogP contribution in [0.1, 0.15) is 177 Å². The van der Waals surface area contributed by atoms with Gasteiger partial charge in [0.15, 0.2) is 6.29 Å². The first kappa shape index (κ1) is 45.2. The summed E-state index contributed by atoms with van der Waals surface area (Å²) >= 11 is 0. The topological polar surface area (TPSA) is 146 Å². The van der Waals surface area contributed by atoms with E-state index in [-0.39, 0.29) is 38.9 Å². The fourth-order valence-electron chi connectivity index (χ4n) is 14.1. The SMILES string of the molecule is CCCCCCCCCCCCNC(=O)[C@]12CCC(C)(C)C[C@H]1C1=CCC3[C@@]4(C)CC[C@H](OC5OC(CO)C(O)C(O)C5O)[C@@](C)(C=O)C4CC[C@@]3(C)[C@]1(C)CC2. The predicted molar refractivity (Wildman–Crippen MR) is 223 cm³/mol. The van der Waals surface area contributed by atoms with Crippen molar-refractivity contribution in [3.63, 3.8) is 0 Å². The third-order valence-corrected chi connectivity index (χ3v) is 18.0. The minimum Gasteiger partial charge on any atom is -0.394 e. The molecule has 326 valence electrons. The van der Waals surface area contributed by atoms with Crippen LogP contribution in [0.5, 0.6) is 0 Å². The zero-order valence-electron chi connectivity index (χ0n) is 36.8. The predicted octanol–water partition coefficient (Wildman–Crippen LogP) is 8.19. The molecule has 1 saturated heterocycles. The Hall–Kier alpha value is -1.36. The number of unbranched alkanes of at least 4 members (excludes halogenated alkanes) is 9. The van der Waals surface area contributed by atoms with Gasteiger partial charge in [0.25, 0.3) is 0 Å². The highest BCUT2D eigenvalue weighted by molar-refractivity contribution is 5.84. The Morgan fingerprint density at radius 2 is 1.47 bits per heavy atom. The van der Waals surface area contributed by atoms with E-state index in [4.69, 9.17) is 9.47 Å². The smallest absolute Gasteiger partial charge is 0.226 e. The first-order chi connectivity index (χ1) is 27.0. The van der Waals surface area contributed by atoms with Gasteiger partial charge in [0.05, 0.1) is 23.5 Å². The van der Waals surface area contributed by atoms with Crippen LogP contribution >= 0.6 is 0 Å². The molecule has 1 aliphatic heterocycles. The number of amides is 1. The van der Waals surface area contributed by atoms with E-state index in [2.05, 4.69) is 52.9 Å². The minimum absolute atomic E-state index is 0.00266. The highest BCUT2D eigenvalue weighted by Crippen LogP contribution is 2.75. The van der Waals surface area contributed by atoms with Crippen LogP contribution < -0.4 is 5.32 Å². The zero-order valence-corrected chi connectivity index (χ0v) is 36.8. The number of carbonyl (C=O) groups is 2. The molecule has 14 atom stereocenters. The maximum Gasteiger partial charge on any atom is 0.226 e. The Balaban J connectivity index is 1.17. The second-order valence-corrected chi connectivity index (χ2v) is 21.7. The number of hydrogen-bond acceptors (Lipinski definition) is 8. The molecule has 4 saturated carbocycles. The Morgan fingerprint density at radius 3 is 2.12 bits per heavy atom. The van der Waals surface area contributed by atoms with E-state index in [0.717, 1.165) is 77.0 Å². The summed E-state index contributed by atoms with van der Waals surface area (Å²) in [5.74, 6) is 0.915. The molecule has 9 heteroatoms. The second-order valence-electron chi connectivity index (χ2n) is 21.7. The Kier molecular flexibility index (Phi) is 13.9. The number of fused-ring (bicyclic) bond motifs is 7. The van der Waals surface area contributed by atoms with E-state index in [1.54, 1.807) is 0 Å². The molecule has 1 amide bonds. The maximum atomic E-state index is 14.5. The van der Waals surface area contributed by atoms with Gasteiger partial charge >= 0.3 is 0 Å². The van der Waals surface area contributed by atoms with Gasteiger partial charge in [0, 0.05) is 6.54 Å². The number of ether oxygens (including phenoxy) is 2. The quantitative estimate of drug-likeness (QED) is 0.0455. The fraction of sp³-hybridized carbons (Fsp3) is 0.917. The zero-order chi connectivity index (χ0) is 41.4. The number of allylic oxidation sites excluding steroid dienone is 2. The van der Waals surface area contributed by atoms with Crippen LogP contribution in [0.2, 0.25) is 0 Å². The van der Waals surface area contributed by atoms with E-state index in [1.165, 1.54) is 63.4 Å². The Labute approximate surface area is 344 Å². The average Bonchev–Trinajstić information content (AvgIpc) is 3.18. The third kappa shape index (κ3) is 7.99. The molecule has 0 bridgehead atoms. The molecular weight excluding hydrogens is 719 g/mol. The summed E-state index contributed by atoms with van der Waals surface area (Å²) in [6, 6.07) is 0. The number of rotatable bonds is 16. The van der Waals surface area contributed by atoms with Crippen molar-refractivity contribution in [3.8, 4) is 0 Å². The summed E-state index contributed by atoms with van der Waals surface area (Å²) in [7, 11) is 0. The summed E-state index contributed by atoms with van der Waals surface area (Å²) < 4.78 is 12.2. The number of aliphatic hydroxyl groups excluding tert-OH is 4. The Morgan fingerprint density at radius 1 is 0.825 bits per heavy atom. The molecular formula is C48H81NO8. The van der Waals surface area contributed by atoms with E-state index in [9.17, 15) is 30.0 Å². The van der Waals surface area contributed by atoms with Gasteiger partial charge in [-0.1, -0.05) is 118 Å². The number of carbonyl (C=O) groups excluding carboxylic acids is 2. The van der Waals surface area contributed by atoms with E-state index < -0.39 is 48.8 Å². The van der Waals surface area contributed by atoms with Crippen molar-refractivity contribution in [3.05, 3.63) is 11.6 Å². The molecule has 57 heavy (non-hydrogen) atoms. The van der Waals surface area contributed by atoms with Crippen LogP contribution in [-0.4, -0.2) is 82.6 Å². The summed E-state index contributed by atoms with van der Waals surface area (Å²) in [4.78, 5) is 27.9. The number of aldehydes is 1. The molecule has 5 N–H and O–H groups in total. The number of nitrogens with one attached hydrogen (secondary N) is 1. The summed E-state index contributed by atoms with van der Waals surface area (Å²) in [5, 5.41) is 44.9. The van der Waals surface area contributed by atoms with Gasteiger partial charge < -0.3 is 40.0 Å². The van der Waals surface area contributed by atoms with Gasteiger partial charge in [-0.2, -0.15) is 0 Å². The van der Waals surface area contributed by atoms with E-state index in [1.807, 2.05) is 6.92 Å². The van der Waals surface area contributed by atoms with E-state index in [0.29, 0.717) is 18.2 Å². The van der Waals surface area contributed by atoms with Gasteiger partial charge in [-0.15, -0.1) is 0 Å². The molecule has 6 rings (SSSR count). The molecule has 0 radical (unpaired) electrons. The van der Waals surface area contributed by atoms with Crippen molar-refractivity contribution < 1.29 is 39.5 Å². The van der Waals surface area contributed by atoms with Gasteiger partial charge in [-0.25, -0.2) is 0 Å². The van der Waals surface area contributed by atoms with Crippen LogP contribution in [0.15, 0.2) is 11.6 Å². The first-order valence-corrected chi connectivity index (χ1v) is 23.4. The van der Waals surface area contributed by atoms with Crippen molar-refractivity contribution in [1.82, 2.24) is 5.32 Å². The summed E-state index contributed by atoms with van der Waals surface area (Å²) in [6.07, 6.45) is 18.4. The highest BCUT2D eigenvalue weighted by Gasteiger charge is 2.70. The Bertz CT molecular complexity index is 1430. The van der Waals surface area contributed by atoms with Crippen LogP contribution in [0.3, 0.4) is 0 Å². The van der Waals surface area contributed by atoms with Crippen LogP contribution in [0, 0.1) is 50.2 Å². The highest BCUT2D eigenvalue weighted by atomic mass is 16.7. The summed E-state index contributed by atoms with van der Waals surface area (Å²) in [6.45, 7) is 16.8. The largest absolute Gasteiger partial charge is 0.394 e. The monoisotopic (exact) mass is 800 g/mol. The van der Waals surface area contributed by atoms with Crippen molar-refractivity contribution in [1.29, 1.82) is 0 Å². The lowest BCUT2D eigenvalue weighted by Gasteiger charge is -2.71. The lowest BCUT2D eigenvalue weighted by Crippen LogP contribution is -2.67. The van der Waals surface area contributed by atoms with Crippen LogP contribution in [0.4, 0.5) is 0 Å². The second kappa shape index (κ2) is 17.6. The molecule has 5 fully saturated rings. The molecule has 7 unspecified atom stereocenters. The van der Waals surface area contributed by atoms with Crippen LogP contribution in [0.25, 0.3) is 0 Å². The molecule has 0 spiro atoms. The number of hydrogen-bond donors (Lipinski definition) is 5. The molecule has 6 aliphatic rings. The lowest BCUT2D eigenvalue weighted by atomic mass is 9.33. The normalized spacial score (nSPS) is 45.1. The molecule has 1 heterocycles. The van der Waals surface area contributed by atoms with Crippen LogP contribution in [-0.2, 0) is 19.1 Å². The third-order valence-electron chi connectivity index (χ3n) is 18.0. The molecule has 0 aromatic heterocycles. The lowest BCUT2D eigenvalue weighted by molar-refractivity contribution is -0.327. The van der Waals surface area contributed by atoms with Gasteiger partial charge in [-0.05, 0) is 110 Å². The minimum atomic E-state index is -1.53. The van der Waals surface area contributed by atoms with Crippen molar-refractivity contribution >= 4 is 12.2 Å². The number of aliphatic hydroxyl groups is 4. The van der Waals surface area contributed by atoms with Crippen molar-refractivity contribution in [2.24, 2.45) is 50.2 Å². The van der Waals surface area contributed by atoms with Crippen molar-refractivity contribution in [2.75, 3.05) is 13.2 Å². The van der Waals surface area contributed by atoms with Gasteiger partial charge in [0.1, 0.15) is 30.7 Å². The van der Waals surface area contributed by atoms with Gasteiger partial charge in [-0.3, -0.25) is 4.79 Å². The average molecular weight is 800 g/mol. The van der Waals surface area contributed by atoms with Gasteiger partial charge in [0.2, 0.25) is 5.91 Å². The maximum absolute atomic E-state index is 14.5. The summed E-state index contributed by atoms with van der Waals surface area (Å²) in [5.41, 5.74) is 0.306. The molecule has 9 nitrogen and oxygen atoms in total. The molecule has 5 aliphatic carbocycles. The molecule has 0 aromatic carbocycles. The van der Waals surface area contributed by atoms with E-state index >= 15 is 0 Å². The molecule has 0 aromatic rings. The first-order valence-electron chi connectivity index (χ1n) is 23.4. The fourth-order valence-corrected chi connectivity index (χ4v) is 14.1.